The molecule has 0 saturated heterocycles. The molecule has 0 saturated carbocycles. The van der Waals surface area contributed by atoms with Gasteiger partial charge in [-0.2, -0.15) is 0 Å². The SMILES string of the molecule is CCCn1c(CN)nnc1-c1ccc([N+](=O)[O-])cc1C. The Morgan fingerprint density at radius 1 is 1.40 bits per heavy atom. The summed E-state index contributed by atoms with van der Waals surface area (Å²) in [6.07, 6.45) is 0.935. The van der Waals surface area contributed by atoms with Gasteiger partial charge < -0.3 is 10.3 Å². The molecule has 0 aliphatic carbocycles. The van der Waals surface area contributed by atoms with E-state index < -0.39 is 4.92 Å². The highest BCUT2D eigenvalue weighted by atomic mass is 16.6. The summed E-state index contributed by atoms with van der Waals surface area (Å²) in [7, 11) is 0. The maximum atomic E-state index is 10.8. The fourth-order valence-electron chi connectivity index (χ4n) is 2.16. The lowest BCUT2D eigenvalue weighted by atomic mass is 10.1. The molecule has 0 spiro atoms. The van der Waals surface area contributed by atoms with E-state index in [1.54, 1.807) is 12.1 Å². The molecule has 106 valence electrons. The first-order chi connectivity index (χ1) is 9.58. The van der Waals surface area contributed by atoms with Gasteiger partial charge in [-0.15, -0.1) is 10.2 Å². The van der Waals surface area contributed by atoms with E-state index in [2.05, 4.69) is 17.1 Å². The lowest BCUT2D eigenvalue weighted by molar-refractivity contribution is -0.384. The molecule has 0 bridgehead atoms. The van der Waals surface area contributed by atoms with Gasteiger partial charge in [-0.25, -0.2) is 0 Å². The first-order valence-corrected chi connectivity index (χ1v) is 6.46. The molecule has 7 nitrogen and oxygen atoms in total. The molecule has 2 aromatic rings. The van der Waals surface area contributed by atoms with Crippen LogP contribution < -0.4 is 5.73 Å². The van der Waals surface area contributed by atoms with Gasteiger partial charge in [-0.1, -0.05) is 6.92 Å². The standard InChI is InChI=1S/C13H17N5O2/c1-3-6-17-12(8-14)15-16-13(17)11-5-4-10(18(19)20)7-9(11)2/h4-5,7H,3,6,8,14H2,1-2H3. The van der Waals surface area contributed by atoms with Crippen LogP contribution in [-0.2, 0) is 13.1 Å². The summed E-state index contributed by atoms with van der Waals surface area (Å²) in [6.45, 7) is 4.98. The van der Waals surface area contributed by atoms with Crippen molar-refractivity contribution in [2.75, 3.05) is 0 Å². The average molecular weight is 275 g/mol. The van der Waals surface area contributed by atoms with Crippen LogP contribution in [0, 0.1) is 17.0 Å². The number of aromatic nitrogens is 3. The van der Waals surface area contributed by atoms with Gasteiger partial charge in [-0.05, 0) is 25.0 Å². The second-order valence-electron chi connectivity index (χ2n) is 4.55. The van der Waals surface area contributed by atoms with Crippen molar-refractivity contribution in [3.8, 4) is 11.4 Å². The average Bonchev–Trinajstić information content (AvgIpc) is 2.82. The first-order valence-electron chi connectivity index (χ1n) is 6.46. The number of nitro groups is 1. The number of nitrogens with two attached hydrogens (primary N) is 1. The predicted octanol–water partition coefficient (Wildman–Crippen LogP) is 2.03. The van der Waals surface area contributed by atoms with Gasteiger partial charge in [0.1, 0.15) is 5.82 Å². The topological polar surface area (TPSA) is 99.9 Å². The maximum Gasteiger partial charge on any atom is 0.269 e. The molecule has 0 amide bonds. The number of hydrogen-bond acceptors (Lipinski definition) is 5. The highest BCUT2D eigenvalue weighted by Crippen LogP contribution is 2.26. The van der Waals surface area contributed by atoms with Crippen LogP contribution >= 0.6 is 0 Å². The molecule has 0 fully saturated rings. The zero-order valence-corrected chi connectivity index (χ0v) is 11.5. The molecule has 2 N–H and O–H groups in total. The summed E-state index contributed by atoms with van der Waals surface area (Å²) in [5.74, 6) is 1.43. The summed E-state index contributed by atoms with van der Waals surface area (Å²) >= 11 is 0. The molecule has 1 heterocycles. The van der Waals surface area contributed by atoms with Crippen LogP contribution in [0.15, 0.2) is 18.2 Å². The fourth-order valence-corrected chi connectivity index (χ4v) is 2.16. The summed E-state index contributed by atoms with van der Waals surface area (Å²) in [6, 6.07) is 4.74. The third-order valence-electron chi connectivity index (χ3n) is 3.12. The molecule has 2 rings (SSSR count). The normalized spacial score (nSPS) is 10.8. The Bertz CT molecular complexity index is 636. The van der Waals surface area contributed by atoms with Crippen molar-refractivity contribution in [2.24, 2.45) is 5.73 Å². The smallest absolute Gasteiger partial charge is 0.269 e. The van der Waals surface area contributed by atoms with Gasteiger partial charge in [-0.3, -0.25) is 10.1 Å². The maximum absolute atomic E-state index is 10.8. The lowest BCUT2D eigenvalue weighted by Crippen LogP contribution is -2.09. The van der Waals surface area contributed by atoms with Crippen molar-refractivity contribution in [3.63, 3.8) is 0 Å². The van der Waals surface area contributed by atoms with Crippen LogP contribution in [0.1, 0.15) is 24.7 Å². The number of aryl methyl sites for hydroxylation is 1. The van der Waals surface area contributed by atoms with Gasteiger partial charge in [0.25, 0.3) is 5.69 Å². The third-order valence-corrected chi connectivity index (χ3v) is 3.12. The van der Waals surface area contributed by atoms with E-state index in [1.807, 2.05) is 11.5 Å². The minimum atomic E-state index is -0.404. The zero-order chi connectivity index (χ0) is 14.7. The van der Waals surface area contributed by atoms with Crippen LogP contribution in [0.2, 0.25) is 0 Å². The van der Waals surface area contributed by atoms with E-state index in [1.165, 1.54) is 6.07 Å². The minimum absolute atomic E-state index is 0.0758. The highest BCUT2D eigenvalue weighted by molar-refractivity contribution is 5.62. The Morgan fingerprint density at radius 3 is 2.70 bits per heavy atom. The van der Waals surface area contributed by atoms with Crippen molar-refractivity contribution < 1.29 is 4.92 Å². The lowest BCUT2D eigenvalue weighted by Gasteiger charge is -2.09. The van der Waals surface area contributed by atoms with Gasteiger partial charge in [0.05, 0.1) is 11.5 Å². The van der Waals surface area contributed by atoms with E-state index in [0.717, 1.165) is 29.9 Å². The van der Waals surface area contributed by atoms with Crippen LogP contribution in [-0.4, -0.2) is 19.7 Å². The second-order valence-corrected chi connectivity index (χ2v) is 4.55. The van der Waals surface area contributed by atoms with E-state index in [4.69, 9.17) is 5.73 Å². The largest absolute Gasteiger partial charge is 0.324 e. The number of hydrogen-bond donors (Lipinski definition) is 1. The highest BCUT2D eigenvalue weighted by Gasteiger charge is 2.16. The Morgan fingerprint density at radius 2 is 2.15 bits per heavy atom. The fraction of sp³-hybridized carbons (Fsp3) is 0.385. The van der Waals surface area contributed by atoms with Gasteiger partial charge in [0.15, 0.2) is 5.82 Å². The van der Waals surface area contributed by atoms with Gasteiger partial charge in [0, 0.05) is 24.2 Å². The molecule has 1 aromatic heterocycles. The molecule has 7 heteroatoms. The molecule has 1 aromatic carbocycles. The molecule has 0 aliphatic heterocycles. The molecule has 20 heavy (non-hydrogen) atoms. The van der Waals surface area contributed by atoms with Crippen molar-refractivity contribution >= 4 is 5.69 Å². The van der Waals surface area contributed by atoms with Crippen molar-refractivity contribution in [2.45, 2.75) is 33.4 Å². The number of nitrogens with zero attached hydrogens (tertiary/aromatic N) is 4. The number of rotatable bonds is 5. The second kappa shape index (κ2) is 5.79. The molecular formula is C13H17N5O2. The molecular weight excluding hydrogens is 258 g/mol. The Balaban J connectivity index is 2.51. The molecule has 0 unspecified atom stereocenters. The quantitative estimate of drug-likeness (QED) is 0.664. The number of benzene rings is 1. The first kappa shape index (κ1) is 14.1. The minimum Gasteiger partial charge on any atom is -0.324 e. The zero-order valence-electron chi connectivity index (χ0n) is 11.5. The van der Waals surface area contributed by atoms with E-state index in [9.17, 15) is 10.1 Å². The summed E-state index contributed by atoms with van der Waals surface area (Å²) in [5.41, 5.74) is 7.38. The summed E-state index contributed by atoms with van der Waals surface area (Å²) < 4.78 is 1.97. The molecule has 0 atom stereocenters. The molecule has 0 radical (unpaired) electrons. The van der Waals surface area contributed by atoms with Crippen LogP contribution in [0.4, 0.5) is 5.69 Å². The Hall–Kier alpha value is -2.28. The monoisotopic (exact) mass is 275 g/mol. The van der Waals surface area contributed by atoms with Crippen LogP contribution in [0.5, 0.6) is 0 Å². The van der Waals surface area contributed by atoms with Gasteiger partial charge >= 0.3 is 0 Å². The van der Waals surface area contributed by atoms with E-state index in [-0.39, 0.29) is 5.69 Å². The van der Waals surface area contributed by atoms with Crippen molar-refractivity contribution in [1.82, 2.24) is 14.8 Å². The Labute approximate surface area is 116 Å². The number of nitro benzene ring substituents is 1. The van der Waals surface area contributed by atoms with Crippen molar-refractivity contribution in [3.05, 3.63) is 39.7 Å². The summed E-state index contributed by atoms with van der Waals surface area (Å²) in [5, 5.41) is 19.0. The van der Waals surface area contributed by atoms with Crippen LogP contribution in [0.3, 0.4) is 0 Å². The molecule has 0 aliphatic rings. The van der Waals surface area contributed by atoms with E-state index in [0.29, 0.717) is 12.4 Å². The van der Waals surface area contributed by atoms with Crippen LogP contribution in [0.25, 0.3) is 11.4 Å². The summed E-state index contributed by atoms with van der Waals surface area (Å²) in [4.78, 5) is 10.4. The van der Waals surface area contributed by atoms with E-state index >= 15 is 0 Å². The number of non-ortho nitro benzene ring substituents is 1. The third kappa shape index (κ3) is 2.53. The Kier molecular flexibility index (Phi) is 4.09. The predicted molar refractivity (Wildman–Crippen MR) is 75.0 cm³/mol. The van der Waals surface area contributed by atoms with Gasteiger partial charge in [0.2, 0.25) is 0 Å². The van der Waals surface area contributed by atoms with Crippen molar-refractivity contribution in [1.29, 1.82) is 0 Å².